The first kappa shape index (κ1) is 30.4. The maximum absolute atomic E-state index is 12.8. The molecule has 2 aromatic rings. The van der Waals surface area contributed by atoms with Crippen molar-refractivity contribution in [3.05, 3.63) is 76.7 Å². The summed E-state index contributed by atoms with van der Waals surface area (Å²) in [5.41, 5.74) is 15.1. The Hall–Kier alpha value is -4.12. The Morgan fingerprint density at radius 3 is 2.17 bits per heavy atom. The van der Waals surface area contributed by atoms with Crippen LogP contribution in [-0.2, 0) is 30.4 Å². The molecule has 1 heterocycles. The van der Waals surface area contributed by atoms with Crippen molar-refractivity contribution in [3.63, 3.8) is 0 Å². The number of nitrogens with two attached hydrogens (primary N) is 2. The predicted molar refractivity (Wildman–Crippen MR) is 152 cm³/mol. The number of hydrogen-bond acceptors (Lipinski definition) is 6. The van der Waals surface area contributed by atoms with Gasteiger partial charge in [0.2, 0.25) is 23.6 Å². The first-order valence-corrected chi connectivity index (χ1v) is 13.9. The number of carbonyl (C=O) groups excluding carboxylic acids is 4. The molecule has 0 saturated carbocycles. The number of primary amides is 2. The van der Waals surface area contributed by atoms with Crippen molar-refractivity contribution in [1.82, 2.24) is 10.6 Å². The number of aryl methyl sites for hydroxylation is 1. The largest absolute Gasteiger partial charge is 0.481 e. The smallest absolute Gasteiger partial charge is 0.303 e. The van der Waals surface area contributed by atoms with Crippen LogP contribution in [0.1, 0.15) is 60.5 Å². The van der Waals surface area contributed by atoms with E-state index >= 15 is 0 Å². The number of carbonyl (C=O) groups is 5. The third-order valence-corrected chi connectivity index (χ3v) is 7.74. The zero-order valence-electron chi connectivity index (χ0n) is 22.0. The Kier molecular flexibility index (Phi) is 11.3. The van der Waals surface area contributed by atoms with Crippen LogP contribution in [0.2, 0.25) is 0 Å². The highest BCUT2D eigenvalue weighted by Gasteiger charge is 2.26. The molecule has 40 heavy (non-hydrogen) atoms. The van der Waals surface area contributed by atoms with E-state index in [9.17, 15) is 24.0 Å². The molecular formula is C29H34N4O6S. The van der Waals surface area contributed by atoms with Crippen molar-refractivity contribution < 1.29 is 29.1 Å². The van der Waals surface area contributed by atoms with Gasteiger partial charge in [0.25, 0.3) is 0 Å². The summed E-state index contributed by atoms with van der Waals surface area (Å²) in [7, 11) is 0. The molecule has 0 radical (unpaired) electrons. The average molecular weight is 567 g/mol. The van der Waals surface area contributed by atoms with Crippen LogP contribution in [0.15, 0.2) is 60.0 Å². The molecule has 1 aliphatic heterocycles. The Labute approximate surface area is 237 Å². The Bertz CT molecular complexity index is 1250. The van der Waals surface area contributed by atoms with E-state index in [0.717, 1.165) is 12.0 Å². The van der Waals surface area contributed by atoms with Gasteiger partial charge in [-0.3, -0.25) is 24.0 Å². The molecule has 0 aliphatic carbocycles. The molecule has 0 bridgehead atoms. The summed E-state index contributed by atoms with van der Waals surface area (Å²) >= 11 is 1.79. The van der Waals surface area contributed by atoms with Crippen molar-refractivity contribution in [2.45, 2.75) is 62.3 Å². The zero-order valence-corrected chi connectivity index (χ0v) is 22.8. The molecule has 0 saturated heterocycles. The number of benzene rings is 2. The van der Waals surface area contributed by atoms with Gasteiger partial charge in [-0.2, -0.15) is 0 Å². The third kappa shape index (κ3) is 9.57. The number of aliphatic carboxylic acids is 1. The second kappa shape index (κ2) is 14.9. The number of amides is 4. The summed E-state index contributed by atoms with van der Waals surface area (Å²) in [5.74, 6) is -3.88. The second-order valence-corrected chi connectivity index (χ2v) is 10.7. The lowest BCUT2D eigenvalue weighted by molar-refractivity contribution is -0.138. The van der Waals surface area contributed by atoms with Gasteiger partial charge in [-0.05, 0) is 53.4 Å². The fourth-order valence-corrected chi connectivity index (χ4v) is 5.45. The number of hydrogen-bond donors (Lipinski definition) is 5. The summed E-state index contributed by atoms with van der Waals surface area (Å²) < 4.78 is 0. The van der Waals surface area contributed by atoms with Crippen molar-refractivity contribution in [2.24, 2.45) is 11.5 Å². The number of thioether (sulfide) groups is 1. The van der Waals surface area contributed by atoms with Crippen LogP contribution < -0.4 is 22.1 Å². The van der Waals surface area contributed by atoms with Gasteiger partial charge in [-0.15, -0.1) is 11.8 Å². The van der Waals surface area contributed by atoms with E-state index in [0.29, 0.717) is 11.7 Å². The lowest BCUT2D eigenvalue weighted by Gasteiger charge is -2.21. The quantitative estimate of drug-likeness (QED) is 0.219. The van der Waals surface area contributed by atoms with E-state index in [2.05, 4.69) is 40.3 Å². The molecular weight excluding hydrogens is 532 g/mol. The molecule has 0 spiro atoms. The maximum atomic E-state index is 12.8. The van der Waals surface area contributed by atoms with E-state index in [1.165, 1.54) is 16.7 Å². The van der Waals surface area contributed by atoms with Gasteiger partial charge in [0.05, 0.1) is 0 Å². The molecule has 2 aromatic carbocycles. The predicted octanol–water partition coefficient (Wildman–Crippen LogP) is 2.42. The molecule has 3 atom stereocenters. The van der Waals surface area contributed by atoms with E-state index < -0.39 is 41.7 Å². The highest BCUT2D eigenvalue weighted by Crippen LogP contribution is 2.45. The summed E-state index contributed by atoms with van der Waals surface area (Å²) in [5, 5.41) is 16.5. The minimum absolute atomic E-state index is 0.0784. The fourth-order valence-electron chi connectivity index (χ4n) is 4.30. The number of allylic oxidation sites excluding steroid dienone is 1. The SMILES string of the molecule is NC(=O)CC[C@H](NC(=O)[C@H](CCC(=O)O)NC(=O)CCc1ccc(C2CC(c3ccccc3)=CS2)cc1)C(N)=O. The monoisotopic (exact) mass is 566 g/mol. The maximum Gasteiger partial charge on any atom is 0.303 e. The van der Waals surface area contributed by atoms with Gasteiger partial charge in [-0.1, -0.05) is 54.6 Å². The van der Waals surface area contributed by atoms with Crippen LogP contribution in [0.4, 0.5) is 0 Å². The molecule has 7 N–H and O–H groups in total. The van der Waals surface area contributed by atoms with Crippen LogP contribution in [-0.4, -0.2) is 46.8 Å². The van der Waals surface area contributed by atoms with Crippen molar-refractivity contribution in [1.29, 1.82) is 0 Å². The van der Waals surface area contributed by atoms with Gasteiger partial charge in [0.15, 0.2) is 0 Å². The summed E-state index contributed by atoms with van der Waals surface area (Å²) in [6.45, 7) is 0. The minimum Gasteiger partial charge on any atom is -0.481 e. The van der Waals surface area contributed by atoms with E-state index in [4.69, 9.17) is 16.6 Å². The molecule has 0 aromatic heterocycles. The first-order valence-electron chi connectivity index (χ1n) is 13.0. The first-order chi connectivity index (χ1) is 19.1. The molecule has 1 unspecified atom stereocenters. The van der Waals surface area contributed by atoms with Crippen LogP contribution in [0, 0.1) is 0 Å². The molecule has 11 heteroatoms. The number of carboxylic acids is 1. The molecule has 10 nitrogen and oxygen atoms in total. The van der Waals surface area contributed by atoms with Crippen molar-refractivity contribution in [2.75, 3.05) is 0 Å². The Morgan fingerprint density at radius 2 is 1.55 bits per heavy atom. The van der Waals surface area contributed by atoms with Gasteiger partial charge >= 0.3 is 5.97 Å². The topological polar surface area (TPSA) is 182 Å². The van der Waals surface area contributed by atoms with E-state index in [-0.39, 0.29) is 32.1 Å². The third-order valence-electron chi connectivity index (χ3n) is 6.55. The average Bonchev–Trinajstić information content (AvgIpc) is 3.43. The van der Waals surface area contributed by atoms with Gasteiger partial charge < -0.3 is 27.2 Å². The van der Waals surface area contributed by atoms with Crippen LogP contribution in [0.5, 0.6) is 0 Å². The highest BCUT2D eigenvalue weighted by molar-refractivity contribution is 8.02. The zero-order chi connectivity index (χ0) is 29.1. The highest BCUT2D eigenvalue weighted by atomic mass is 32.2. The van der Waals surface area contributed by atoms with E-state index in [1.807, 2.05) is 30.3 Å². The normalized spacial score (nSPS) is 15.9. The lowest BCUT2D eigenvalue weighted by atomic mass is 9.98. The Morgan fingerprint density at radius 1 is 0.875 bits per heavy atom. The van der Waals surface area contributed by atoms with Crippen LogP contribution in [0.25, 0.3) is 5.57 Å². The summed E-state index contributed by atoms with van der Waals surface area (Å²) in [4.78, 5) is 59.2. The summed E-state index contributed by atoms with van der Waals surface area (Å²) in [6.07, 6.45) is 0.610. The van der Waals surface area contributed by atoms with E-state index in [1.54, 1.807) is 11.8 Å². The molecule has 212 valence electrons. The van der Waals surface area contributed by atoms with Crippen molar-refractivity contribution in [3.8, 4) is 0 Å². The fraction of sp³-hybridized carbons (Fsp3) is 0.345. The van der Waals surface area contributed by atoms with Crippen LogP contribution >= 0.6 is 11.8 Å². The van der Waals surface area contributed by atoms with Gasteiger partial charge in [0.1, 0.15) is 12.1 Å². The molecule has 4 amide bonds. The van der Waals surface area contributed by atoms with Gasteiger partial charge in [-0.25, -0.2) is 0 Å². The second-order valence-electron chi connectivity index (χ2n) is 9.60. The van der Waals surface area contributed by atoms with Gasteiger partial charge in [0, 0.05) is 24.5 Å². The van der Waals surface area contributed by atoms with Crippen LogP contribution in [0.3, 0.4) is 0 Å². The van der Waals surface area contributed by atoms with Crippen molar-refractivity contribution >= 4 is 46.9 Å². The standard InChI is InChI=1S/C29H34N4O6S/c30-25(34)13-11-22(28(31)38)33-29(39)23(12-15-27(36)37)32-26(35)14-8-18-6-9-20(10-7-18)24-16-21(17-40-24)19-4-2-1-3-5-19/h1-7,9-10,17,22-24H,8,11-16H2,(H2,30,34)(H2,31,38)(H,32,35)(H,33,39)(H,36,37)/t22-,23-,24?/m0/s1. The molecule has 3 rings (SSSR count). The molecule has 0 fully saturated rings. The molecule has 1 aliphatic rings. The summed E-state index contributed by atoms with van der Waals surface area (Å²) in [6, 6.07) is 16.0. The Balaban J connectivity index is 1.52. The number of carboxylic acid groups (broad SMARTS) is 1. The lowest BCUT2D eigenvalue weighted by Crippen LogP contribution is -2.53. The number of nitrogens with one attached hydrogen (secondary N) is 2. The number of rotatable bonds is 15. The minimum atomic E-state index is -1.19.